The van der Waals surface area contributed by atoms with E-state index >= 15 is 0 Å². The molecule has 1 N–H and O–H groups in total. The number of rotatable bonds is 5. The van der Waals surface area contributed by atoms with Gasteiger partial charge in [0.15, 0.2) is 0 Å². The van der Waals surface area contributed by atoms with Crippen molar-refractivity contribution >= 4 is 16.9 Å². The standard InChI is InChI=1S/C19H20O2S/c1-15-8-10-18(11-9-15)22(21)19(16(2)12-13-20)14-17-6-4-3-5-7-17/h3-12,14,20H,13H2,1-2H3/b16-12+,19-14-/t22-/m0/s1. The Morgan fingerprint density at radius 1 is 1.09 bits per heavy atom. The second-order valence-electron chi connectivity index (χ2n) is 5.07. The van der Waals surface area contributed by atoms with Gasteiger partial charge < -0.3 is 5.11 Å². The SMILES string of the molecule is CC(=C\CO)/C(=C/c1ccccc1)[S@@](=O)c1ccc(C)cc1. The predicted octanol–water partition coefficient (Wildman–Crippen LogP) is 4.08. The summed E-state index contributed by atoms with van der Waals surface area (Å²) < 4.78 is 12.9. The largest absolute Gasteiger partial charge is 0.392 e. The van der Waals surface area contributed by atoms with E-state index in [-0.39, 0.29) is 6.61 Å². The number of aliphatic hydroxyl groups is 1. The van der Waals surface area contributed by atoms with Crippen LogP contribution in [0.15, 0.2) is 76.0 Å². The highest BCUT2D eigenvalue weighted by Gasteiger charge is 2.12. The van der Waals surface area contributed by atoms with Crippen molar-refractivity contribution in [2.24, 2.45) is 0 Å². The Balaban J connectivity index is 2.45. The zero-order valence-electron chi connectivity index (χ0n) is 12.8. The number of aliphatic hydroxyl groups excluding tert-OH is 1. The minimum Gasteiger partial charge on any atom is -0.392 e. The lowest BCUT2D eigenvalue weighted by molar-refractivity contribution is 0.342. The van der Waals surface area contributed by atoms with Crippen LogP contribution in [0.3, 0.4) is 0 Å². The lowest BCUT2D eigenvalue weighted by Crippen LogP contribution is -1.99. The van der Waals surface area contributed by atoms with Gasteiger partial charge in [-0.2, -0.15) is 0 Å². The Morgan fingerprint density at radius 2 is 1.73 bits per heavy atom. The lowest BCUT2D eigenvalue weighted by Gasteiger charge is -2.09. The van der Waals surface area contributed by atoms with Crippen molar-refractivity contribution in [3.8, 4) is 0 Å². The summed E-state index contributed by atoms with van der Waals surface area (Å²) in [4.78, 5) is 1.47. The Labute approximate surface area is 134 Å². The van der Waals surface area contributed by atoms with Gasteiger partial charge in [0.25, 0.3) is 0 Å². The van der Waals surface area contributed by atoms with Gasteiger partial charge in [-0.3, -0.25) is 0 Å². The fourth-order valence-electron chi connectivity index (χ4n) is 2.04. The maximum absolute atomic E-state index is 12.9. The molecule has 0 radical (unpaired) electrons. The summed E-state index contributed by atoms with van der Waals surface area (Å²) in [6.07, 6.45) is 3.60. The third-order valence-corrected chi connectivity index (χ3v) is 4.86. The van der Waals surface area contributed by atoms with Gasteiger partial charge in [0, 0.05) is 9.80 Å². The molecule has 22 heavy (non-hydrogen) atoms. The Bertz CT molecular complexity index is 698. The molecule has 2 aromatic carbocycles. The topological polar surface area (TPSA) is 37.3 Å². The van der Waals surface area contributed by atoms with Crippen molar-refractivity contribution in [2.75, 3.05) is 6.61 Å². The quantitative estimate of drug-likeness (QED) is 0.845. The van der Waals surface area contributed by atoms with Crippen molar-refractivity contribution in [3.05, 3.63) is 82.3 Å². The fraction of sp³-hybridized carbons (Fsp3) is 0.158. The zero-order valence-corrected chi connectivity index (χ0v) is 13.6. The van der Waals surface area contributed by atoms with Crippen LogP contribution in [-0.4, -0.2) is 15.9 Å². The van der Waals surface area contributed by atoms with Crippen molar-refractivity contribution in [1.82, 2.24) is 0 Å². The smallest absolute Gasteiger partial charge is 0.0852 e. The highest BCUT2D eigenvalue weighted by molar-refractivity contribution is 7.89. The molecule has 0 aliphatic rings. The van der Waals surface area contributed by atoms with Gasteiger partial charge in [-0.05, 0) is 43.2 Å². The molecular weight excluding hydrogens is 292 g/mol. The zero-order chi connectivity index (χ0) is 15.9. The van der Waals surface area contributed by atoms with Crippen LogP contribution in [0.2, 0.25) is 0 Å². The van der Waals surface area contributed by atoms with E-state index in [0.717, 1.165) is 21.6 Å². The summed E-state index contributed by atoms with van der Waals surface area (Å²) in [6.45, 7) is 3.81. The maximum Gasteiger partial charge on any atom is 0.0852 e. The van der Waals surface area contributed by atoms with Crippen LogP contribution >= 0.6 is 0 Å². The summed E-state index contributed by atoms with van der Waals surface area (Å²) in [5.74, 6) is 0. The molecule has 0 fully saturated rings. The summed E-state index contributed by atoms with van der Waals surface area (Å²) in [7, 11) is -1.28. The van der Waals surface area contributed by atoms with Gasteiger partial charge >= 0.3 is 0 Å². The predicted molar refractivity (Wildman–Crippen MR) is 92.8 cm³/mol. The molecule has 0 spiro atoms. The maximum atomic E-state index is 12.9. The number of benzene rings is 2. The first-order chi connectivity index (χ1) is 10.6. The molecule has 3 heteroatoms. The van der Waals surface area contributed by atoms with Crippen LogP contribution in [0.5, 0.6) is 0 Å². The van der Waals surface area contributed by atoms with Gasteiger partial charge in [0.05, 0.1) is 17.4 Å². The van der Waals surface area contributed by atoms with E-state index in [9.17, 15) is 4.21 Å². The molecule has 2 rings (SSSR count). The molecule has 0 aliphatic carbocycles. The van der Waals surface area contributed by atoms with Gasteiger partial charge in [0.1, 0.15) is 0 Å². The number of hydrogen-bond donors (Lipinski definition) is 1. The van der Waals surface area contributed by atoms with Crippen LogP contribution in [-0.2, 0) is 10.8 Å². The minimum absolute atomic E-state index is 0.0664. The third-order valence-electron chi connectivity index (χ3n) is 3.32. The lowest BCUT2D eigenvalue weighted by atomic mass is 10.1. The monoisotopic (exact) mass is 312 g/mol. The molecule has 0 saturated heterocycles. The van der Waals surface area contributed by atoms with E-state index in [2.05, 4.69) is 0 Å². The van der Waals surface area contributed by atoms with Gasteiger partial charge in [0.2, 0.25) is 0 Å². The molecule has 2 aromatic rings. The van der Waals surface area contributed by atoms with Crippen molar-refractivity contribution in [3.63, 3.8) is 0 Å². The average molecular weight is 312 g/mol. The van der Waals surface area contributed by atoms with Crippen molar-refractivity contribution in [2.45, 2.75) is 18.7 Å². The molecular formula is C19H20O2S. The van der Waals surface area contributed by atoms with E-state index in [4.69, 9.17) is 5.11 Å². The first kappa shape index (κ1) is 16.4. The number of hydrogen-bond acceptors (Lipinski definition) is 2. The molecule has 0 amide bonds. The van der Waals surface area contributed by atoms with E-state index in [1.54, 1.807) is 6.08 Å². The Morgan fingerprint density at radius 3 is 2.32 bits per heavy atom. The van der Waals surface area contributed by atoms with Crippen LogP contribution in [0.1, 0.15) is 18.1 Å². The van der Waals surface area contributed by atoms with E-state index in [1.807, 2.05) is 74.5 Å². The first-order valence-electron chi connectivity index (χ1n) is 7.15. The van der Waals surface area contributed by atoms with Crippen LogP contribution in [0, 0.1) is 6.92 Å². The van der Waals surface area contributed by atoms with E-state index in [0.29, 0.717) is 4.91 Å². The van der Waals surface area contributed by atoms with Crippen LogP contribution in [0.4, 0.5) is 0 Å². The first-order valence-corrected chi connectivity index (χ1v) is 8.30. The van der Waals surface area contributed by atoms with E-state index in [1.165, 1.54) is 0 Å². The van der Waals surface area contributed by atoms with Crippen LogP contribution < -0.4 is 0 Å². The number of allylic oxidation sites excluding steroid dienone is 1. The Hall–Kier alpha value is -1.97. The van der Waals surface area contributed by atoms with Gasteiger partial charge in [-0.25, -0.2) is 4.21 Å². The molecule has 0 saturated carbocycles. The summed E-state index contributed by atoms with van der Waals surface area (Å²) in [5, 5.41) is 9.14. The highest BCUT2D eigenvalue weighted by Crippen LogP contribution is 2.24. The molecule has 0 unspecified atom stereocenters. The second-order valence-corrected chi connectivity index (χ2v) is 6.52. The molecule has 1 atom stereocenters. The normalized spacial score (nSPS) is 14.0. The molecule has 2 nitrogen and oxygen atoms in total. The van der Waals surface area contributed by atoms with Crippen LogP contribution in [0.25, 0.3) is 6.08 Å². The fourth-order valence-corrected chi connectivity index (χ4v) is 3.30. The molecule has 0 bridgehead atoms. The average Bonchev–Trinajstić information content (AvgIpc) is 2.54. The molecule has 0 heterocycles. The molecule has 0 aromatic heterocycles. The summed E-state index contributed by atoms with van der Waals surface area (Å²) >= 11 is 0. The minimum atomic E-state index is -1.28. The molecule has 0 aliphatic heterocycles. The highest BCUT2D eigenvalue weighted by atomic mass is 32.2. The molecule has 114 valence electrons. The van der Waals surface area contributed by atoms with Gasteiger partial charge in [-0.15, -0.1) is 0 Å². The summed E-state index contributed by atoms with van der Waals surface area (Å²) in [5.41, 5.74) is 2.95. The van der Waals surface area contributed by atoms with Gasteiger partial charge in [-0.1, -0.05) is 54.1 Å². The van der Waals surface area contributed by atoms with Crippen molar-refractivity contribution < 1.29 is 9.32 Å². The summed E-state index contributed by atoms with van der Waals surface area (Å²) in [6, 6.07) is 17.5. The third kappa shape index (κ3) is 4.26. The Kier molecular flexibility index (Phi) is 5.87. The van der Waals surface area contributed by atoms with Crippen molar-refractivity contribution in [1.29, 1.82) is 0 Å². The van der Waals surface area contributed by atoms with E-state index < -0.39 is 10.8 Å². The second kappa shape index (κ2) is 7.87. The number of aryl methyl sites for hydroxylation is 1.